The minimum absolute atomic E-state index is 0.107. The van der Waals surface area contributed by atoms with Crippen molar-refractivity contribution >= 4 is 17.5 Å². The number of amides is 1. The number of aliphatic hydroxyl groups excluding tert-OH is 1. The van der Waals surface area contributed by atoms with E-state index in [2.05, 4.69) is 10.3 Å². The van der Waals surface area contributed by atoms with Gasteiger partial charge in [0, 0.05) is 11.6 Å². The van der Waals surface area contributed by atoms with E-state index in [1.54, 1.807) is 6.07 Å². The molecule has 0 aliphatic carbocycles. The van der Waals surface area contributed by atoms with Crippen molar-refractivity contribution in [1.29, 1.82) is 0 Å². The SMILES string of the molecule is NC(CO)c1nc(C(=O)NCc2ccccc2Cl)co1. The first-order valence-electron chi connectivity index (χ1n) is 5.95. The average molecular weight is 296 g/mol. The van der Waals surface area contributed by atoms with Gasteiger partial charge in [-0.05, 0) is 11.6 Å². The van der Waals surface area contributed by atoms with E-state index < -0.39 is 11.9 Å². The van der Waals surface area contributed by atoms with Crippen LogP contribution < -0.4 is 11.1 Å². The molecule has 0 aliphatic heterocycles. The molecule has 0 aliphatic rings. The topological polar surface area (TPSA) is 101 Å². The maximum atomic E-state index is 11.9. The van der Waals surface area contributed by atoms with Crippen molar-refractivity contribution in [2.45, 2.75) is 12.6 Å². The highest BCUT2D eigenvalue weighted by molar-refractivity contribution is 6.31. The second kappa shape index (κ2) is 6.51. The highest BCUT2D eigenvalue weighted by atomic mass is 35.5. The third-order valence-corrected chi connectivity index (χ3v) is 3.03. The molecule has 20 heavy (non-hydrogen) atoms. The van der Waals surface area contributed by atoms with Crippen LogP contribution >= 0.6 is 11.6 Å². The summed E-state index contributed by atoms with van der Waals surface area (Å²) in [6, 6.07) is 6.48. The van der Waals surface area contributed by atoms with E-state index >= 15 is 0 Å². The van der Waals surface area contributed by atoms with Crippen LogP contribution in [0.15, 0.2) is 34.9 Å². The van der Waals surface area contributed by atoms with Gasteiger partial charge in [-0.2, -0.15) is 0 Å². The highest BCUT2D eigenvalue weighted by Crippen LogP contribution is 2.15. The van der Waals surface area contributed by atoms with Gasteiger partial charge in [0.05, 0.1) is 6.61 Å². The number of benzene rings is 1. The quantitative estimate of drug-likeness (QED) is 0.770. The largest absolute Gasteiger partial charge is 0.446 e. The van der Waals surface area contributed by atoms with Crippen LogP contribution in [0, 0.1) is 0 Å². The van der Waals surface area contributed by atoms with Crippen molar-refractivity contribution in [2.24, 2.45) is 5.73 Å². The lowest BCUT2D eigenvalue weighted by Crippen LogP contribution is -2.23. The Kier molecular flexibility index (Phi) is 4.73. The summed E-state index contributed by atoms with van der Waals surface area (Å²) in [6.45, 7) is -0.0199. The van der Waals surface area contributed by atoms with Crippen molar-refractivity contribution in [1.82, 2.24) is 10.3 Å². The lowest BCUT2D eigenvalue weighted by atomic mass is 10.2. The first kappa shape index (κ1) is 14.5. The number of halogens is 1. The van der Waals surface area contributed by atoms with Gasteiger partial charge < -0.3 is 20.6 Å². The molecule has 0 saturated carbocycles. The molecule has 2 rings (SSSR count). The van der Waals surface area contributed by atoms with Crippen LogP contribution in [0.25, 0.3) is 0 Å². The number of carbonyl (C=O) groups excluding carboxylic acids is 1. The van der Waals surface area contributed by atoms with E-state index in [1.165, 1.54) is 6.26 Å². The number of nitrogens with zero attached hydrogens (tertiary/aromatic N) is 1. The van der Waals surface area contributed by atoms with E-state index in [-0.39, 0.29) is 24.7 Å². The molecular formula is C13H14ClN3O3. The summed E-state index contributed by atoms with van der Waals surface area (Å²) in [6.07, 6.45) is 1.20. The fourth-order valence-corrected chi connectivity index (χ4v) is 1.75. The Morgan fingerprint density at radius 3 is 2.95 bits per heavy atom. The third-order valence-electron chi connectivity index (χ3n) is 2.67. The summed E-state index contributed by atoms with van der Waals surface area (Å²) in [5.74, 6) is -0.277. The number of aliphatic hydroxyl groups is 1. The van der Waals surface area contributed by atoms with Gasteiger partial charge >= 0.3 is 0 Å². The summed E-state index contributed by atoms with van der Waals surface area (Å²) in [5.41, 5.74) is 6.45. The highest BCUT2D eigenvalue weighted by Gasteiger charge is 2.16. The molecule has 1 amide bonds. The number of aromatic nitrogens is 1. The maximum Gasteiger partial charge on any atom is 0.273 e. The van der Waals surface area contributed by atoms with Gasteiger partial charge in [0.15, 0.2) is 5.69 Å². The number of carbonyl (C=O) groups is 1. The van der Waals surface area contributed by atoms with Crippen LogP contribution in [0.5, 0.6) is 0 Å². The standard InChI is InChI=1S/C13H14ClN3O3/c14-9-4-2-1-3-8(9)5-16-12(19)11-7-20-13(17-11)10(15)6-18/h1-4,7,10,18H,5-6,15H2,(H,16,19). The Bertz CT molecular complexity index is 600. The first-order chi connectivity index (χ1) is 9.61. The Labute approximate surface area is 120 Å². The van der Waals surface area contributed by atoms with Crippen molar-refractivity contribution in [3.8, 4) is 0 Å². The molecule has 4 N–H and O–H groups in total. The van der Waals surface area contributed by atoms with Gasteiger partial charge in [-0.15, -0.1) is 0 Å². The van der Waals surface area contributed by atoms with Crippen LogP contribution in [-0.4, -0.2) is 22.6 Å². The summed E-state index contributed by atoms with van der Waals surface area (Å²) < 4.78 is 5.03. The van der Waals surface area contributed by atoms with E-state index in [0.717, 1.165) is 5.56 Å². The predicted octanol–water partition coefficient (Wildman–Crippen LogP) is 1.25. The van der Waals surface area contributed by atoms with Gasteiger partial charge in [-0.25, -0.2) is 4.98 Å². The molecule has 0 radical (unpaired) electrons. The molecule has 0 fully saturated rings. The zero-order valence-corrected chi connectivity index (χ0v) is 11.3. The molecule has 1 aromatic carbocycles. The molecule has 1 aromatic heterocycles. The van der Waals surface area contributed by atoms with Gasteiger partial charge in [0.2, 0.25) is 5.89 Å². The van der Waals surface area contributed by atoms with E-state index in [1.807, 2.05) is 18.2 Å². The lowest BCUT2D eigenvalue weighted by Gasteiger charge is -2.05. The first-order valence-corrected chi connectivity index (χ1v) is 6.33. The zero-order chi connectivity index (χ0) is 14.5. The molecular weight excluding hydrogens is 282 g/mol. The Hall–Kier alpha value is -1.89. The predicted molar refractivity (Wildman–Crippen MR) is 73.1 cm³/mol. The van der Waals surface area contributed by atoms with Crippen LogP contribution in [0.2, 0.25) is 5.02 Å². The minimum atomic E-state index is -0.736. The fraction of sp³-hybridized carbons (Fsp3) is 0.231. The summed E-state index contributed by atoms with van der Waals surface area (Å²) in [7, 11) is 0. The van der Waals surface area contributed by atoms with Crippen molar-refractivity contribution in [3.63, 3.8) is 0 Å². The molecule has 1 atom stereocenters. The smallest absolute Gasteiger partial charge is 0.273 e. The lowest BCUT2D eigenvalue weighted by molar-refractivity contribution is 0.0946. The van der Waals surface area contributed by atoms with Gasteiger partial charge in [-0.3, -0.25) is 4.79 Å². The molecule has 2 aromatic rings. The van der Waals surface area contributed by atoms with Crippen molar-refractivity contribution in [3.05, 3.63) is 52.7 Å². The molecule has 0 saturated heterocycles. The van der Waals surface area contributed by atoms with Crippen molar-refractivity contribution < 1.29 is 14.3 Å². The number of oxazole rings is 1. The van der Waals surface area contributed by atoms with Crippen molar-refractivity contribution in [2.75, 3.05) is 6.61 Å². The normalized spacial score (nSPS) is 12.2. The van der Waals surface area contributed by atoms with Crippen LogP contribution in [0.3, 0.4) is 0 Å². The zero-order valence-electron chi connectivity index (χ0n) is 10.5. The average Bonchev–Trinajstić information content (AvgIpc) is 2.95. The van der Waals surface area contributed by atoms with Crippen LogP contribution in [-0.2, 0) is 6.54 Å². The number of rotatable bonds is 5. The molecule has 0 bridgehead atoms. The number of hydrogen-bond acceptors (Lipinski definition) is 5. The third kappa shape index (κ3) is 3.36. The second-order valence-electron chi connectivity index (χ2n) is 4.13. The summed E-state index contributed by atoms with van der Waals surface area (Å²) in [4.78, 5) is 15.8. The van der Waals surface area contributed by atoms with Gasteiger partial charge in [-0.1, -0.05) is 29.8 Å². The molecule has 7 heteroatoms. The Morgan fingerprint density at radius 1 is 1.50 bits per heavy atom. The number of nitrogens with one attached hydrogen (secondary N) is 1. The molecule has 1 heterocycles. The molecule has 0 spiro atoms. The van der Waals surface area contributed by atoms with E-state index in [4.69, 9.17) is 26.9 Å². The van der Waals surface area contributed by atoms with Crippen LogP contribution in [0.1, 0.15) is 28.0 Å². The Morgan fingerprint density at radius 2 is 2.25 bits per heavy atom. The molecule has 106 valence electrons. The molecule has 6 nitrogen and oxygen atoms in total. The number of nitrogens with two attached hydrogens (primary N) is 1. The van der Waals surface area contributed by atoms with Gasteiger partial charge in [0.1, 0.15) is 12.3 Å². The van der Waals surface area contributed by atoms with E-state index in [9.17, 15) is 4.79 Å². The van der Waals surface area contributed by atoms with Gasteiger partial charge in [0.25, 0.3) is 5.91 Å². The Balaban J connectivity index is 1.99. The number of hydrogen-bond donors (Lipinski definition) is 3. The van der Waals surface area contributed by atoms with Crippen LogP contribution in [0.4, 0.5) is 0 Å². The minimum Gasteiger partial charge on any atom is -0.446 e. The monoisotopic (exact) mass is 295 g/mol. The van der Waals surface area contributed by atoms with E-state index in [0.29, 0.717) is 5.02 Å². The maximum absolute atomic E-state index is 11.9. The summed E-state index contributed by atoms with van der Waals surface area (Å²) >= 11 is 5.99. The second-order valence-corrected chi connectivity index (χ2v) is 4.54. The molecule has 1 unspecified atom stereocenters. The summed E-state index contributed by atoms with van der Waals surface area (Å²) in [5, 5.41) is 12.1. The fourth-order valence-electron chi connectivity index (χ4n) is 1.55.